The fourth-order valence-corrected chi connectivity index (χ4v) is 6.27. The zero-order valence-electron chi connectivity index (χ0n) is 17.0. The molecule has 0 radical (unpaired) electrons. The van der Waals surface area contributed by atoms with E-state index in [2.05, 4.69) is 37.7 Å². The SMILES string of the molecule is C#C.CCCCC1(CCCC)CCc2cc(N(C)C)ccc2S(O)(O)C1. The highest BCUT2D eigenvalue weighted by molar-refractivity contribution is 8.24. The first-order valence-electron chi connectivity index (χ1n) is 9.73. The maximum Gasteiger partial charge on any atom is 0.0617 e. The lowest BCUT2D eigenvalue weighted by molar-refractivity contribution is 0.236. The normalized spacial score (nSPS) is 18.6. The van der Waals surface area contributed by atoms with Gasteiger partial charge in [-0.25, -0.2) is 0 Å². The molecule has 0 bridgehead atoms. The predicted octanol–water partition coefficient (Wildman–Crippen LogP) is 6.42. The van der Waals surface area contributed by atoms with E-state index >= 15 is 0 Å². The van der Waals surface area contributed by atoms with E-state index in [0.717, 1.165) is 41.8 Å². The minimum atomic E-state index is -2.71. The number of fused-ring (bicyclic) bond motifs is 1. The number of unbranched alkanes of at least 4 members (excludes halogenated alkanes) is 2. The smallest absolute Gasteiger partial charge is 0.0617 e. The van der Waals surface area contributed by atoms with Crippen molar-refractivity contribution in [3.8, 4) is 12.8 Å². The van der Waals surface area contributed by atoms with Crippen LogP contribution in [0.5, 0.6) is 0 Å². The number of hydrogen-bond acceptors (Lipinski definition) is 3. The molecule has 0 unspecified atom stereocenters. The summed E-state index contributed by atoms with van der Waals surface area (Å²) in [4.78, 5) is 2.88. The lowest BCUT2D eigenvalue weighted by atomic mass is 9.75. The first-order valence-corrected chi connectivity index (χ1v) is 11.4. The van der Waals surface area contributed by atoms with Gasteiger partial charge in [0.2, 0.25) is 0 Å². The monoisotopic (exact) mass is 379 g/mol. The zero-order valence-corrected chi connectivity index (χ0v) is 17.8. The van der Waals surface area contributed by atoms with Crippen molar-refractivity contribution in [2.75, 3.05) is 24.7 Å². The molecule has 1 aromatic rings. The van der Waals surface area contributed by atoms with Crippen molar-refractivity contribution in [2.24, 2.45) is 5.41 Å². The number of rotatable bonds is 7. The average molecular weight is 380 g/mol. The first kappa shape index (κ1) is 22.9. The number of terminal acetylenes is 1. The second kappa shape index (κ2) is 10.3. The fourth-order valence-electron chi connectivity index (χ4n) is 3.96. The molecule has 1 heterocycles. The summed E-state index contributed by atoms with van der Waals surface area (Å²) in [5.41, 5.74) is 2.36. The Morgan fingerprint density at radius 2 is 1.65 bits per heavy atom. The number of nitrogens with zero attached hydrogens (tertiary/aromatic N) is 1. The summed E-state index contributed by atoms with van der Waals surface area (Å²) in [6.07, 6.45) is 17.0. The summed E-state index contributed by atoms with van der Waals surface area (Å²) in [5.74, 6) is 0.550. The van der Waals surface area contributed by atoms with Crippen LogP contribution in [-0.4, -0.2) is 29.0 Å². The third-order valence-corrected chi connectivity index (χ3v) is 7.58. The van der Waals surface area contributed by atoms with Gasteiger partial charge in [0.05, 0.1) is 4.90 Å². The second-order valence-corrected chi connectivity index (χ2v) is 9.77. The summed E-state index contributed by atoms with van der Waals surface area (Å²) in [5, 5.41) is 0. The van der Waals surface area contributed by atoms with Crippen LogP contribution in [0.15, 0.2) is 23.1 Å². The van der Waals surface area contributed by atoms with Crippen molar-refractivity contribution >= 4 is 16.3 Å². The Balaban J connectivity index is 0.00000163. The molecule has 0 saturated carbocycles. The Bertz CT molecular complexity index is 573. The quantitative estimate of drug-likeness (QED) is 0.537. The van der Waals surface area contributed by atoms with E-state index < -0.39 is 10.6 Å². The molecule has 0 saturated heterocycles. The molecule has 3 nitrogen and oxygen atoms in total. The van der Waals surface area contributed by atoms with Crippen LogP contribution in [0.4, 0.5) is 5.69 Å². The summed E-state index contributed by atoms with van der Waals surface area (Å²) in [6.45, 7) is 4.45. The highest BCUT2D eigenvalue weighted by Gasteiger charge is 2.38. The Morgan fingerprint density at radius 3 is 2.15 bits per heavy atom. The molecule has 0 aliphatic carbocycles. The van der Waals surface area contributed by atoms with Crippen LogP contribution in [0, 0.1) is 18.3 Å². The molecule has 4 heteroatoms. The van der Waals surface area contributed by atoms with E-state index in [9.17, 15) is 9.11 Å². The van der Waals surface area contributed by atoms with Gasteiger partial charge in [0.15, 0.2) is 0 Å². The van der Waals surface area contributed by atoms with Gasteiger partial charge in [-0.2, -0.15) is 10.6 Å². The lowest BCUT2D eigenvalue weighted by Gasteiger charge is -2.42. The van der Waals surface area contributed by atoms with Gasteiger partial charge in [0.1, 0.15) is 0 Å². The number of hydrogen-bond donors (Lipinski definition) is 2. The Labute approximate surface area is 162 Å². The van der Waals surface area contributed by atoms with Gasteiger partial charge in [-0.15, -0.1) is 12.8 Å². The van der Waals surface area contributed by atoms with Crippen LogP contribution >= 0.6 is 10.6 Å². The van der Waals surface area contributed by atoms with Gasteiger partial charge >= 0.3 is 0 Å². The molecule has 0 amide bonds. The van der Waals surface area contributed by atoms with Gasteiger partial charge in [-0.05, 0) is 54.9 Å². The van der Waals surface area contributed by atoms with E-state index in [0.29, 0.717) is 5.75 Å². The van der Waals surface area contributed by atoms with Gasteiger partial charge in [-0.1, -0.05) is 39.5 Å². The maximum atomic E-state index is 11.0. The summed E-state index contributed by atoms with van der Waals surface area (Å²) in [6, 6.07) is 6.12. The van der Waals surface area contributed by atoms with Crippen molar-refractivity contribution in [3.63, 3.8) is 0 Å². The third kappa shape index (κ3) is 5.67. The molecule has 1 aliphatic rings. The molecule has 1 aliphatic heterocycles. The Hall–Kier alpha value is -1.15. The highest BCUT2D eigenvalue weighted by atomic mass is 32.3. The van der Waals surface area contributed by atoms with E-state index in [1.54, 1.807) is 0 Å². The molecule has 1 aromatic carbocycles. The summed E-state index contributed by atoms with van der Waals surface area (Å²) < 4.78 is 22.0. The van der Waals surface area contributed by atoms with Crippen LogP contribution in [0.3, 0.4) is 0 Å². The van der Waals surface area contributed by atoms with Crippen LogP contribution in [0.2, 0.25) is 0 Å². The van der Waals surface area contributed by atoms with Gasteiger partial charge in [0, 0.05) is 25.5 Å². The summed E-state index contributed by atoms with van der Waals surface area (Å²) >= 11 is 0. The van der Waals surface area contributed by atoms with Gasteiger partial charge < -0.3 is 4.90 Å². The standard InChI is InChI=1S/C20H35NO2S.C2H2/c1-5-7-12-20(13-8-6-2)14-11-17-15-18(21(3)4)9-10-19(17)24(22,23)16-20;1-2/h9-10,15,22-23H,5-8,11-14,16H2,1-4H3;1-2H. The van der Waals surface area contributed by atoms with Crippen molar-refractivity contribution in [1.29, 1.82) is 0 Å². The number of aryl methyl sites for hydroxylation is 1. The van der Waals surface area contributed by atoms with Crippen molar-refractivity contribution in [2.45, 2.75) is 70.1 Å². The highest BCUT2D eigenvalue weighted by Crippen LogP contribution is 2.59. The molecular formula is C22H37NO2S. The molecule has 0 spiro atoms. The average Bonchev–Trinajstić information content (AvgIpc) is 2.74. The zero-order chi connectivity index (χ0) is 19.8. The minimum absolute atomic E-state index is 0.0855. The second-order valence-electron chi connectivity index (χ2n) is 7.70. The van der Waals surface area contributed by atoms with Crippen molar-refractivity contribution in [1.82, 2.24) is 0 Å². The largest absolute Gasteiger partial charge is 0.378 e. The van der Waals surface area contributed by atoms with Crippen LogP contribution in [-0.2, 0) is 6.42 Å². The number of anilines is 1. The topological polar surface area (TPSA) is 43.7 Å². The van der Waals surface area contributed by atoms with Crippen LogP contribution in [0.25, 0.3) is 0 Å². The lowest BCUT2D eigenvalue weighted by Crippen LogP contribution is -2.28. The molecule has 0 fully saturated rings. The molecule has 0 aromatic heterocycles. The molecular weight excluding hydrogens is 342 g/mol. The minimum Gasteiger partial charge on any atom is -0.378 e. The van der Waals surface area contributed by atoms with Crippen LogP contribution in [0.1, 0.15) is 64.4 Å². The first-order chi connectivity index (χ1) is 12.3. The van der Waals surface area contributed by atoms with E-state index in [-0.39, 0.29) is 5.41 Å². The molecule has 0 atom stereocenters. The summed E-state index contributed by atoms with van der Waals surface area (Å²) in [7, 11) is 1.35. The van der Waals surface area contributed by atoms with E-state index in [1.165, 1.54) is 25.7 Å². The van der Waals surface area contributed by atoms with E-state index in [1.807, 2.05) is 26.2 Å². The third-order valence-electron chi connectivity index (χ3n) is 5.47. The van der Waals surface area contributed by atoms with Gasteiger partial charge in [0.25, 0.3) is 0 Å². The van der Waals surface area contributed by atoms with Crippen molar-refractivity contribution in [3.05, 3.63) is 23.8 Å². The molecule has 2 N–H and O–H groups in total. The van der Waals surface area contributed by atoms with Crippen molar-refractivity contribution < 1.29 is 9.11 Å². The fraction of sp³-hybridized carbons (Fsp3) is 0.636. The Morgan fingerprint density at radius 1 is 1.08 bits per heavy atom. The Kier molecular flexibility index (Phi) is 9.03. The molecule has 2 rings (SSSR count). The predicted molar refractivity (Wildman–Crippen MR) is 116 cm³/mol. The number of benzene rings is 1. The van der Waals surface area contributed by atoms with Crippen LogP contribution < -0.4 is 4.90 Å². The van der Waals surface area contributed by atoms with Gasteiger partial charge in [-0.3, -0.25) is 9.11 Å². The maximum absolute atomic E-state index is 11.0. The van der Waals surface area contributed by atoms with E-state index in [4.69, 9.17) is 0 Å². The molecule has 148 valence electrons. The molecule has 26 heavy (non-hydrogen) atoms.